The van der Waals surface area contributed by atoms with Crippen LogP contribution in [0.1, 0.15) is 24.6 Å². The lowest BCUT2D eigenvalue weighted by molar-refractivity contribution is -0.0527. The molecule has 0 saturated carbocycles. The molecule has 10 heteroatoms. The molecule has 0 unspecified atom stereocenters. The highest BCUT2D eigenvalue weighted by molar-refractivity contribution is 6.32. The first kappa shape index (κ1) is 20.7. The molecular weight excluding hydrogens is 404 g/mol. The fourth-order valence-corrected chi connectivity index (χ4v) is 2.99. The summed E-state index contributed by atoms with van der Waals surface area (Å²) in [6.07, 6.45) is 4.31. The van der Waals surface area contributed by atoms with Crippen molar-refractivity contribution in [1.29, 1.82) is 0 Å². The third-order valence-corrected chi connectivity index (χ3v) is 4.24. The molecule has 0 aliphatic heterocycles. The largest absolute Gasteiger partial charge is 0.415 e. The van der Waals surface area contributed by atoms with E-state index in [9.17, 15) is 13.6 Å². The van der Waals surface area contributed by atoms with Crippen LogP contribution in [0.25, 0.3) is 11.0 Å². The number of nitrogens with zero attached hydrogens (tertiary/aromatic N) is 3. The van der Waals surface area contributed by atoms with Gasteiger partial charge < -0.3 is 15.4 Å². The molecule has 2 amide bonds. The smallest absolute Gasteiger partial charge is 0.388 e. The van der Waals surface area contributed by atoms with Crippen LogP contribution >= 0.6 is 11.6 Å². The van der Waals surface area contributed by atoms with Gasteiger partial charge in [-0.15, -0.1) is 0 Å². The molecule has 0 aliphatic carbocycles. The van der Waals surface area contributed by atoms with Gasteiger partial charge in [-0.25, -0.2) is 9.78 Å². The molecule has 0 saturated heterocycles. The standard InChI is InChI=1S/C19H18ClF2N5O2/c1-3-4-12-15(9-23-14-6-5-10(2)25-16(12)14)27-19(28)26-11-7-13(20)17(24-8-11)29-18(21)22/h5-9,18H,3-4H2,1-2H3,(H2,26,27,28). The molecular formula is C19H18ClF2N5O2. The molecule has 0 aliphatic rings. The summed E-state index contributed by atoms with van der Waals surface area (Å²) in [6.45, 7) is 0.875. The Morgan fingerprint density at radius 1 is 1.24 bits per heavy atom. The maximum absolute atomic E-state index is 12.4. The van der Waals surface area contributed by atoms with Crippen LogP contribution in [0.5, 0.6) is 5.88 Å². The molecule has 0 atom stereocenters. The molecule has 0 aromatic carbocycles. The van der Waals surface area contributed by atoms with Gasteiger partial charge in [-0.2, -0.15) is 8.78 Å². The van der Waals surface area contributed by atoms with E-state index >= 15 is 0 Å². The first-order chi connectivity index (χ1) is 13.9. The predicted molar refractivity (Wildman–Crippen MR) is 107 cm³/mol. The monoisotopic (exact) mass is 421 g/mol. The molecule has 0 fully saturated rings. The van der Waals surface area contributed by atoms with Crippen LogP contribution in [0.3, 0.4) is 0 Å². The number of alkyl halides is 2. The Bertz CT molecular complexity index is 1050. The van der Waals surface area contributed by atoms with E-state index in [4.69, 9.17) is 11.6 Å². The summed E-state index contributed by atoms with van der Waals surface area (Å²) in [6, 6.07) is 4.47. The zero-order valence-electron chi connectivity index (χ0n) is 15.7. The van der Waals surface area contributed by atoms with Crippen molar-refractivity contribution in [1.82, 2.24) is 15.0 Å². The van der Waals surface area contributed by atoms with Gasteiger partial charge >= 0.3 is 12.6 Å². The third-order valence-electron chi connectivity index (χ3n) is 3.97. The quantitative estimate of drug-likeness (QED) is 0.572. The highest BCUT2D eigenvalue weighted by atomic mass is 35.5. The van der Waals surface area contributed by atoms with Crippen LogP contribution in [0, 0.1) is 6.92 Å². The van der Waals surface area contributed by atoms with Gasteiger partial charge in [-0.1, -0.05) is 24.9 Å². The maximum atomic E-state index is 12.4. The number of fused-ring (bicyclic) bond motifs is 1. The molecule has 0 bridgehead atoms. The summed E-state index contributed by atoms with van der Waals surface area (Å²) in [5.74, 6) is -0.418. The summed E-state index contributed by atoms with van der Waals surface area (Å²) in [5.41, 5.74) is 3.97. The number of anilines is 2. The molecule has 0 radical (unpaired) electrons. The third kappa shape index (κ3) is 5.05. The second kappa shape index (κ2) is 8.95. The van der Waals surface area contributed by atoms with E-state index in [2.05, 4.69) is 30.3 Å². The summed E-state index contributed by atoms with van der Waals surface area (Å²) in [5, 5.41) is 5.15. The minimum absolute atomic E-state index is 0.151. The van der Waals surface area contributed by atoms with Crippen molar-refractivity contribution < 1.29 is 18.3 Å². The van der Waals surface area contributed by atoms with E-state index in [0.29, 0.717) is 12.1 Å². The Labute approximate surface area is 170 Å². The molecule has 152 valence electrons. The number of urea groups is 1. The molecule has 0 spiro atoms. The van der Waals surface area contributed by atoms with Crippen LogP contribution in [0.4, 0.5) is 25.0 Å². The number of nitrogens with one attached hydrogen (secondary N) is 2. The fraction of sp³-hybridized carbons (Fsp3) is 0.263. The van der Waals surface area contributed by atoms with Gasteiger partial charge in [0, 0.05) is 11.3 Å². The summed E-state index contributed by atoms with van der Waals surface area (Å²) >= 11 is 5.85. The van der Waals surface area contributed by atoms with Crippen LogP contribution < -0.4 is 15.4 Å². The van der Waals surface area contributed by atoms with Gasteiger partial charge in [0.1, 0.15) is 5.02 Å². The second-order valence-electron chi connectivity index (χ2n) is 6.19. The molecule has 3 aromatic heterocycles. The number of amides is 2. The number of hydrogen-bond acceptors (Lipinski definition) is 5. The van der Waals surface area contributed by atoms with E-state index in [0.717, 1.165) is 28.7 Å². The fourth-order valence-electron chi connectivity index (χ4n) is 2.78. The molecule has 29 heavy (non-hydrogen) atoms. The van der Waals surface area contributed by atoms with Crippen LogP contribution in [-0.2, 0) is 6.42 Å². The average molecular weight is 422 g/mol. The minimum Gasteiger partial charge on any atom is -0.415 e. The SMILES string of the molecule is CCCc1c(NC(=O)Nc2cnc(OC(F)F)c(Cl)c2)cnc2ccc(C)nc12. The average Bonchev–Trinajstić information content (AvgIpc) is 2.65. The Balaban J connectivity index is 1.81. The lowest BCUT2D eigenvalue weighted by Gasteiger charge is -2.14. The second-order valence-corrected chi connectivity index (χ2v) is 6.60. The van der Waals surface area contributed by atoms with Crippen molar-refractivity contribution >= 4 is 40.0 Å². The molecule has 7 nitrogen and oxygen atoms in total. The number of carbonyl (C=O) groups excluding carboxylic acids is 1. The molecule has 3 heterocycles. The number of halogens is 3. The van der Waals surface area contributed by atoms with Crippen molar-refractivity contribution in [3.8, 4) is 5.88 Å². The Morgan fingerprint density at radius 3 is 2.72 bits per heavy atom. The lowest BCUT2D eigenvalue weighted by atomic mass is 10.1. The normalized spacial score (nSPS) is 11.0. The van der Waals surface area contributed by atoms with E-state index in [1.54, 1.807) is 6.20 Å². The number of ether oxygens (including phenoxy) is 1. The van der Waals surface area contributed by atoms with Crippen molar-refractivity contribution in [3.05, 3.63) is 46.9 Å². The number of rotatable bonds is 6. The van der Waals surface area contributed by atoms with Crippen LogP contribution in [0.15, 0.2) is 30.6 Å². The lowest BCUT2D eigenvalue weighted by Crippen LogP contribution is -2.21. The van der Waals surface area contributed by atoms with Crippen molar-refractivity contribution in [2.75, 3.05) is 10.6 Å². The van der Waals surface area contributed by atoms with Gasteiger partial charge in [0.2, 0.25) is 5.88 Å². The number of hydrogen-bond donors (Lipinski definition) is 2. The predicted octanol–water partition coefficient (Wildman–Crippen LogP) is 5.18. The molecule has 3 rings (SSSR count). The Hall–Kier alpha value is -3.07. The zero-order chi connectivity index (χ0) is 21.0. The number of aromatic nitrogens is 3. The van der Waals surface area contributed by atoms with Crippen molar-refractivity contribution in [2.45, 2.75) is 33.3 Å². The zero-order valence-corrected chi connectivity index (χ0v) is 16.4. The van der Waals surface area contributed by atoms with E-state index in [1.165, 1.54) is 12.3 Å². The van der Waals surface area contributed by atoms with E-state index in [-0.39, 0.29) is 10.7 Å². The van der Waals surface area contributed by atoms with Gasteiger partial charge in [-0.05, 0) is 31.5 Å². The Kier molecular flexibility index (Phi) is 6.38. The summed E-state index contributed by atoms with van der Waals surface area (Å²) in [4.78, 5) is 25.0. The summed E-state index contributed by atoms with van der Waals surface area (Å²) in [7, 11) is 0. The van der Waals surface area contributed by atoms with Gasteiger partial charge in [0.25, 0.3) is 0 Å². The highest BCUT2D eigenvalue weighted by Crippen LogP contribution is 2.27. The summed E-state index contributed by atoms with van der Waals surface area (Å²) < 4.78 is 28.7. The van der Waals surface area contributed by atoms with Gasteiger partial charge in [0.15, 0.2) is 0 Å². The van der Waals surface area contributed by atoms with Gasteiger partial charge in [-0.3, -0.25) is 9.97 Å². The number of pyridine rings is 3. The van der Waals surface area contributed by atoms with E-state index in [1.807, 2.05) is 26.0 Å². The molecule has 3 aromatic rings. The van der Waals surface area contributed by atoms with Gasteiger partial charge in [0.05, 0.1) is 34.8 Å². The maximum Gasteiger partial charge on any atom is 0.388 e. The Morgan fingerprint density at radius 2 is 2.03 bits per heavy atom. The molecule has 2 N–H and O–H groups in total. The first-order valence-electron chi connectivity index (χ1n) is 8.81. The number of carbonyl (C=O) groups is 1. The van der Waals surface area contributed by atoms with Crippen LogP contribution in [0.2, 0.25) is 5.02 Å². The first-order valence-corrected chi connectivity index (χ1v) is 9.18. The number of aryl methyl sites for hydroxylation is 2. The van der Waals surface area contributed by atoms with Crippen LogP contribution in [-0.4, -0.2) is 27.6 Å². The van der Waals surface area contributed by atoms with Crippen molar-refractivity contribution in [3.63, 3.8) is 0 Å². The highest BCUT2D eigenvalue weighted by Gasteiger charge is 2.14. The van der Waals surface area contributed by atoms with Crippen molar-refractivity contribution in [2.24, 2.45) is 0 Å². The topological polar surface area (TPSA) is 89.0 Å². The minimum atomic E-state index is -3.04. The van der Waals surface area contributed by atoms with E-state index < -0.39 is 18.5 Å².